The molecule has 0 radical (unpaired) electrons. The molecule has 0 spiro atoms. The summed E-state index contributed by atoms with van der Waals surface area (Å²) in [6.07, 6.45) is 1.77. The van der Waals surface area contributed by atoms with Crippen molar-refractivity contribution in [3.8, 4) is 5.88 Å². The Morgan fingerprint density at radius 3 is 2.50 bits per heavy atom. The van der Waals surface area contributed by atoms with Crippen LogP contribution >= 0.6 is 23.4 Å². The average molecular weight is 293 g/mol. The second-order valence-electron chi connectivity index (χ2n) is 3.45. The molecule has 1 N–H and O–H groups in total. The molecule has 8 heteroatoms. The van der Waals surface area contributed by atoms with Gasteiger partial charge in [-0.2, -0.15) is 4.98 Å². The molecular weight excluding hydrogens is 280 g/mol. The van der Waals surface area contributed by atoms with Crippen molar-refractivity contribution in [1.82, 2.24) is 9.97 Å². The second-order valence-corrected chi connectivity index (χ2v) is 4.58. The van der Waals surface area contributed by atoms with Gasteiger partial charge < -0.3 is 14.6 Å². The van der Waals surface area contributed by atoms with E-state index < -0.39 is 11.6 Å². The number of ether oxygens (including phenoxy) is 2. The Morgan fingerprint density at radius 1 is 1.44 bits per heavy atom. The first-order valence-electron chi connectivity index (χ1n) is 4.85. The molecule has 18 heavy (non-hydrogen) atoms. The quantitative estimate of drug-likeness (QED) is 0.387. The minimum atomic E-state index is -1.98. The van der Waals surface area contributed by atoms with Crippen LogP contribution in [-0.4, -0.2) is 41.5 Å². The number of halogens is 1. The molecule has 100 valence electrons. The third kappa shape index (κ3) is 2.68. The van der Waals surface area contributed by atoms with Crippen LogP contribution in [0.3, 0.4) is 0 Å². The number of aromatic nitrogens is 2. The van der Waals surface area contributed by atoms with E-state index in [1.165, 1.54) is 25.8 Å². The number of nitrogens with zero attached hydrogens (tertiary/aromatic N) is 2. The first-order valence-corrected chi connectivity index (χ1v) is 6.45. The molecule has 0 aliphatic carbocycles. The number of hydrogen-bond acceptors (Lipinski definition) is 7. The molecule has 0 amide bonds. The third-order valence-corrected chi connectivity index (χ3v) is 3.08. The lowest BCUT2D eigenvalue weighted by molar-refractivity contribution is -0.161. The summed E-state index contributed by atoms with van der Waals surface area (Å²) >= 11 is 7.23. The van der Waals surface area contributed by atoms with Crippen molar-refractivity contribution >= 4 is 29.3 Å². The molecule has 0 aliphatic heterocycles. The second kappa shape index (κ2) is 5.73. The van der Waals surface area contributed by atoms with Gasteiger partial charge in [-0.05, 0) is 13.2 Å². The van der Waals surface area contributed by atoms with Gasteiger partial charge in [0.1, 0.15) is 5.15 Å². The Bertz CT molecular complexity index is 467. The Labute approximate surface area is 114 Å². The molecule has 6 nitrogen and oxygen atoms in total. The van der Waals surface area contributed by atoms with Gasteiger partial charge in [0, 0.05) is 0 Å². The van der Waals surface area contributed by atoms with Gasteiger partial charge in [-0.25, -0.2) is 9.78 Å². The van der Waals surface area contributed by atoms with Crippen LogP contribution < -0.4 is 4.74 Å². The average Bonchev–Trinajstić information content (AvgIpc) is 2.35. The summed E-state index contributed by atoms with van der Waals surface area (Å²) in [5.41, 5.74) is -2.00. The smallest absolute Gasteiger partial charge is 0.342 e. The molecule has 0 aliphatic rings. The van der Waals surface area contributed by atoms with Gasteiger partial charge in [-0.3, -0.25) is 0 Å². The van der Waals surface area contributed by atoms with Gasteiger partial charge >= 0.3 is 5.97 Å². The lowest BCUT2D eigenvalue weighted by Gasteiger charge is -2.22. The molecule has 0 aromatic carbocycles. The van der Waals surface area contributed by atoms with Crippen molar-refractivity contribution < 1.29 is 19.4 Å². The molecule has 0 saturated carbocycles. The third-order valence-electron chi connectivity index (χ3n) is 2.26. The number of esters is 1. The largest absolute Gasteiger partial charge is 0.481 e. The van der Waals surface area contributed by atoms with Gasteiger partial charge in [0.25, 0.3) is 0 Å². The standard InChI is InChI=1S/C10H13ClN2O4S/c1-10(15,8(14)17-3)5-6(11)12-9(18-4)13-7(5)16-2/h15H,1-4H3. The Morgan fingerprint density at radius 2 is 2.06 bits per heavy atom. The Kier molecular flexibility index (Phi) is 4.78. The number of hydrogen-bond donors (Lipinski definition) is 1. The van der Waals surface area contributed by atoms with E-state index in [-0.39, 0.29) is 16.6 Å². The van der Waals surface area contributed by atoms with Crippen LogP contribution in [0.5, 0.6) is 5.88 Å². The first-order chi connectivity index (χ1) is 8.38. The van der Waals surface area contributed by atoms with Crippen molar-refractivity contribution in [2.75, 3.05) is 20.5 Å². The number of carbonyl (C=O) groups is 1. The molecular formula is C10H13ClN2O4S. The van der Waals surface area contributed by atoms with Crippen LogP contribution in [0.4, 0.5) is 0 Å². The van der Waals surface area contributed by atoms with E-state index in [1.807, 2.05) is 0 Å². The van der Waals surface area contributed by atoms with E-state index in [1.54, 1.807) is 6.26 Å². The molecule has 1 rings (SSSR count). The Balaban J connectivity index is 3.44. The van der Waals surface area contributed by atoms with E-state index >= 15 is 0 Å². The summed E-state index contributed by atoms with van der Waals surface area (Å²) in [5, 5.41) is 10.5. The zero-order valence-corrected chi connectivity index (χ0v) is 11.9. The predicted molar refractivity (Wildman–Crippen MR) is 67.0 cm³/mol. The summed E-state index contributed by atoms with van der Waals surface area (Å²) < 4.78 is 9.55. The van der Waals surface area contributed by atoms with Crippen molar-refractivity contribution in [2.24, 2.45) is 0 Å². The lowest BCUT2D eigenvalue weighted by atomic mass is 9.99. The number of aliphatic hydroxyl groups is 1. The fourth-order valence-electron chi connectivity index (χ4n) is 1.34. The topological polar surface area (TPSA) is 81.5 Å². The summed E-state index contributed by atoms with van der Waals surface area (Å²) in [4.78, 5) is 19.5. The highest BCUT2D eigenvalue weighted by Crippen LogP contribution is 2.35. The van der Waals surface area contributed by atoms with Crippen molar-refractivity contribution in [2.45, 2.75) is 17.7 Å². The number of methoxy groups -OCH3 is 2. The van der Waals surface area contributed by atoms with Gasteiger partial charge in [0.2, 0.25) is 5.88 Å². The molecule has 0 bridgehead atoms. The van der Waals surface area contributed by atoms with Crippen LogP contribution in [-0.2, 0) is 15.1 Å². The molecule has 0 fully saturated rings. The monoisotopic (exact) mass is 292 g/mol. The maximum Gasteiger partial charge on any atom is 0.342 e. The van der Waals surface area contributed by atoms with Crippen LogP contribution in [0, 0.1) is 0 Å². The van der Waals surface area contributed by atoms with Crippen LogP contribution in [0.25, 0.3) is 0 Å². The Hall–Kier alpha value is -1.05. The zero-order chi connectivity index (χ0) is 13.9. The van der Waals surface area contributed by atoms with E-state index in [0.717, 1.165) is 7.11 Å². The summed E-state index contributed by atoms with van der Waals surface area (Å²) in [5.74, 6) is -0.835. The van der Waals surface area contributed by atoms with Crippen molar-refractivity contribution in [1.29, 1.82) is 0 Å². The maximum absolute atomic E-state index is 11.6. The first kappa shape index (κ1) is 15.0. The van der Waals surface area contributed by atoms with E-state index in [9.17, 15) is 9.90 Å². The van der Waals surface area contributed by atoms with E-state index in [2.05, 4.69) is 14.7 Å². The van der Waals surface area contributed by atoms with Gasteiger partial charge in [-0.15, -0.1) is 0 Å². The van der Waals surface area contributed by atoms with Gasteiger partial charge in [0.05, 0.1) is 19.8 Å². The number of carbonyl (C=O) groups excluding carboxylic acids is 1. The van der Waals surface area contributed by atoms with Crippen LogP contribution in [0.2, 0.25) is 5.15 Å². The van der Waals surface area contributed by atoms with E-state index in [0.29, 0.717) is 5.16 Å². The fraction of sp³-hybridized carbons (Fsp3) is 0.500. The predicted octanol–water partition coefficient (Wildman–Crippen LogP) is 1.24. The minimum absolute atomic E-state index is 0.0173. The minimum Gasteiger partial charge on any atom is -0.481 e. The highest BCUT2D eigenvalue weighted by molar-refractivity contribution is 7.98. The highest BCUT2D eigenvalue weighted by atomic mass is 35.5. The molecule has 1 aromatic heterocycles. The summed E-state index contributed by atoms with van der Waals surface area (Å²) in [6, 6.07) is 0. The summed E-state index contributed by atoms with van der Waals surface area (Å²) in [7, 11) is 2.52. The number of rotatable bonds is 4. The zero-order valence-electron chi connectivity index (χ0n) is 10.4. The number of thioether (sulfide) groups is 1. The maximum atomic E-state index is 11.6. The van der Waals surface area contributed by atoms with Crippen LogP contribution in [0.1, 0.15) is 12.5 Å². The molecule has 1 aromatic rings. The normalized spacial score (nSPS) is 13.9. The van der Waals surface area contributed by atoms with Crippen molar-refractivity contribution in [3.05, 3.63) is 10.7 Å². The molecule has 1 atom stereocenters. The van der Waals surface area contributed by atoms with Gasteiger partial charge in [0.15, 0.2) is 10.8 Å². The fourth-order valence-corrected chi connectivity index (χ4v) is 2.10. The van der Waals surface area contributed by atoms with Gasteiger partial charge in [-0.1, -0.05) is 23.4 Å². The SMILES string of the molecule is COC(=O)C(C)(O)c1c(Cl)nc(SC)nc1OC. The highest BCUT2D eigenvalue weighted by Gasteiger charge is 2.40. The molecule has 0 saturated heterocycles. The van der Waals surface area contributed by atoms with Crippen molar-refractivity contribution in [3.63, 3.8) is 0 Å². The molecule has 1 heterocycles. The van der Waals surface area contributed by atoms with E-state index in [4.69, 9.17) is 16.3 Å². The molecule has 1 unspecified atom stereocenters. The van der Waals surface area contributed by atoms with Crippen LogP contribution in [0.15, 0.2) is 5.16 Å². The summed E-state index contributed by atoms with van der Waals surface area (Å²) in [6.45, 7) is 1.24. The lowest BCUT2D eigenvalue weighted by Crippen LogP contribution is -2.34.